The number of carbonyl (C=O) groups is 1. The summed E-state index contributed by atoms with van der Waals surface area (Å²) in [5, 5.41) is 12.3. The van der Waals surface area contributed by atoms with Gasteiger partial charge in [-0.2, -0.15) is 0 Å². The number of hydrogen-bond donors (Lipinski definition) is 2. The van der Waals surface area contributed by atoms with Crippen LogP contribution in [0, 0.1) is 5.82 Å². The average Bonchev–Trinajstić information content (AvgIpc) is 2.34. The van der Waals surface area contributed by atoms with Crippen molar-refractivity contribution in [2.45, 2.75) is 0 Å². The van der Waals surface area contributed by atoms with Crippen molar-refractivity contribution in [3.63, 3.8) is 0 Å². The quantitative estimate of drug-likeness (QED) is 0.808. The molecule has 0 aliphatic heterocycles. The topological polar surface area (TPSA) is 49.3 Å². The van der Waals surface area contributed by atoms with Crippen molar-refractivity contribution in [3.05, 3.63) is 56.8 Å². The van der Waals surface area contributed by atoms with E-state index in [9.17, 15) is 9.18 Å². The maximum Gasteiger partial charge on any atom is 0.337 e. The lowest BCUT2D eigenvalue weighted by Gasteiger charge is -2.13. The van der Waals surface area contributed by atoms with Crippen LogP contribution in [0.4, 0.5) is 15.8 Å². The Kier molecular flexibility index (Phi) is 4.38. The fourth-order valence-corrected chi connectivity index (χ4v) is 2.33. The lowest BCUT2D eigenvalue weighted by molar-refractivity contribution is 0.0698. The number of anilines is 2. The summed E-state index contributed by atoms with van der Waals surface area (Å²) in [6, 6.07) is 6.43. The maximum atomic E-state index is 13.1. The summed E-state index contributed by atoms with van der Waals surface area (Å²) in [5.74, 6) is -1.75. The van der Waals surface area contributed by atoms with Crippen LogP contribution in [-0.2, 0) is 0 Å². The molecule has 2 aromatic carbocycles. The number of aromatic carboxylic acids is 1. The average molecular weight is 335 g/mol. The molecule has 0 aliphatic rings. The van der Waals surface area contributed by atoms with Crippen LogP contribution in [0.25, 0.3) is 0 Å². The molecule has 104 valence electrons. The fourth-order valence-electron chi connectivity index (χ4n) is 1.60. The zero-order valence-electron chi connectivity index (χ0n) is 9.75. The molecule has 0 aromatic heterocycles. The van der Waals surface area contributed by atoms with Gasteiger partial charge in [0.05, 0.1) is 27.0 Å². The molecule has 0 amide bonds. The largest absolute Gasteiger partial charge is 0.478 e. The maximum absolute atomic E-state index is 13.1. The third kappa shape index (κ3) is 3.15. The van der Waals surface area contributed by atoms with E-state index in [1.165, 1.54) is 18.2 Å². The van der Waals surface area contributed by atoms with Crippen LogP contribution in [0.5, 0.6) is 0 Å². The van der Waals surface area contributed by atoms with Gasteiger partial charge >= 0.3 is 5.97 Å². The molecule has 0 fully saturated rings. The smallest absolute Gasteiger partial charge is 0.337 e. The summed E-state index contributed by atoms with van der Waals surface area (Å²) in [6.45, 7) is 0. The number of carboxylic acids is 1. The van der Waals surface area contributed by atoms with Gasteiger partial charge in [0.1, 0.15) is 5.82 Å². The fraction of sp³-hybridized carbons (Fsp3) is 0. The summed E-state index contributed by atoms with van der Waals surface area (Å²) in [4.78, 5) is 11.2. The molecule has 2 N–H and O–H groups in total. The van der Waals surface area contributed by atoms with E-state index in [2.05, 4.69) is 5.32 Å². The van der Waals surface area contributed by atoms with Gasteiger partial charge in [-0.05, 0) is 30.3 Å². The second-order valence-electron chi connectivity index (χ2n) is 3.86. The molecule has 0 unspecified atom stereocenters. The van der Waals surface area contributed by atoms with Crippen molar-refractivity contribution in [1.82, 2.24) is 0 Å². The van der Waals surface area contributed by atoms with Gasteiger partial charge in [0, 0.05) is 5.02 Å². The van der Waals surface area contributed by atoms with E-state index in [-0.39, 0.29) is 32.0 Å². The SMILES string of the molecule is O=C(O)c1cc(Cl)ccc1Nc1c(Cl)cc(F)cc1Cl. The molecule has 0 spiro atoms. The number of nitrogens with one attached hydrogen (secondary N) is 1. The summed E-state index contributed by atoms with van der Waals surface area (Å²) < 4.78 is 13.1. The molecule has 20 heavy (non-hydrogen) atoms. The molecule has 2 rings (SSSR count). The van der Waals surface area contributed by atoms with Gasteiger partial charge in [-0.3, -0.25) is 0 Å². The molecule has 3 nitrogen and oxygen atoms in total. The molecule has 0 radical (unpaired) electrons. The third-order valence-corrected chi connectivity index (χ3v) is 3.31. The van der Waals surface area contributed by atoms with Crippen molar-refractivity contribution in [3.8, 4) is 0 Å². The molecule has 7 heteroatoms. The van der Waals surface area contributed by atoms with Gasteiger partial charge < -0.3 is 10.4 Å². The second kappa shape index (κ2) is 5.87. The molecule has 0 saturated heterocycles. The zero-order chi connectivity index (χ0) is 14.9. The number of halogens is 4. The lowest BCUT2D eigenvalue weighted by atomic mass is 10.1. The Labute approximate surface area is 128 Å². The minimum absolute atomic E-state index is 0.0429. The van der Waals surface area contributed by atoms with Crippen LogP contribution in [0.3, 0.4) is 0 Å². The van der Waals surface area contributed by atoms with Crippen LogP contribution >= 0.6 is 34.8 Å². The van der Waals surface area contributed by atoms with Crippen molar-refractivity contribution >= 4 is 52.1 Å². The van der Waals surface area contributed by atoms with E-state index in [1.54, 1.807) is 0 Å². The molecule has 0 saturated carbocycles. The minimum atomic E-state index is -1.16. The molecule has 0 heterocycles. The van der Waals surface area contributed by atoms with Gasteiger partial charge in [-0.15, -0.1) is 0 Å². The summed E-state index contributed by atoms with van der Waals surface area (Å²) in [6.07, 6.45) is 0. The van der Waals surface area contributed by atoms with E-state index in [0.29, 0.717) is 0 Å². The predicted octanol–water partition coefficient (Wildman–Crippen LogP) is 5.23. The van der Waals surface area contributed by atoms with Crippen LogP contribution in [0.15, 0.2) is 30.3 Å². The van der Waals surface area contributed by atoms with Gasteiger partial charge in [0.2, 0.25) is 0 Å². The highest BCUT2D eigenvalue weighted by atomic mass is 35.5. The van der Waals surface area contributed by atoms with E-state index in [1.807, 2.05) is 0 Å². The Morgan fingerprint density at radius 1 is 1.10 bits per heavy atom. The molecule has 2 aromatic rings. The number of hydrogen-bond acceptors (Lipinski definition) is 2. The highest BCUT2D eigenvalue weighted by Crippen LogP contribution is 2.35. The Morgan fingerprint density at radius 3 is 2.25 bits per heavy atom. The van der Waals surface area contributed by atoms with Gasteiger partial charge in [-0.25, -0.2) is 9.18 Å². The second-order valence-corrected chi connectivity index (χ2v) is 5.12. The van der Waals surface area contributed by atoms with E-state index < -0.39 is 11.8 Å². The first-order valence-corrected chi connectivity index (χ1v) is 6.46. The number of benzene rings is 2. The number of carboxylic acid groups (broad SMARTS) is 1. The Hall–Kier alpha value is -1.49. The molecule has 0 atom stereocenters. The normalized spacial score (nSPS) is 10.4. The highest BCUT2D eigenvalue weighted by molar-refractivity contribution is 6.39. The zero-order valence-corrected chi connectivity index (χ0v) is 12.0. The Morgan fingerprint density at radius 2 is 1.70 bits per heavy atom. The first-order valence-electron chi connectivity index (χ1n) is 5.33. The number of rotatable bonds is 3. The molecule has 0 aliphatic carbocycles. The highest BCUT2D eigenvalue weighted by Gasteiger charge is 2.14. The van der Waals surface area contributed by atoms with Gasteiger partial charge in [-0.1, -0.05) is 34.8 Å². The van der Waals surface area contributed by atoms with Crippen molar-refractivity contribution < 1.29 is 14.3 Å². The Balaban J connectivity index is 2.48. The van der Waals surface area contributed by atoms with Gasteiger partial charge in [0.25, 0.3) is 0 Å². The van der Waals surface area contributed by atoms with Gasteiger partial charge in [0.15, 0.2) is 0 Å². The first-order chi connectivity index (χ1) is 9.38. The van der Waals surface area contributed by atoms with Crippen LogP contribution in [-0.4, -0.2) is 11.1 Å². The predicted molar refractivity (Wildman–Crippen MR) is 78.1 cm³/mol. The van der Waals surface area contributed by atoms with Crippen LogP contribution in [0.1, 0.15) is 10.4 Å². The van der Waals surface area contributed by atoms with Crippen molar-refractivity contribution in [2.24, 2.45) is 0 Å². The van der Waals surface area contributed by atoms with E-state index >= 15 is 0 Å². The Bertz CT molecular complexity index is 668. The first kappa shape index (κ1) is 14.9. The third-order valence-electron chi connectivity index (χ3n) is 2.48. The molecule has 0 bridgehead atoms. The standard InChI is InChI=1S/C13H7Cl3FNO2/c14-6-1-2-11(8(3-6)13(19)20)18-12-9(15)4-7(17)5-10(12)16/h1-5,18H,(H,19,20). The van der Waals surface area contributed by atoms with E-state index in [4.69, 9.17) is 39.9 Å². The summed E-state index contributed by atoms with van der Waals surface area (Å²) >= 11 is 17.5. The summed E-state index contributed by atoms with van der Waals surface area (Å²) in [7, 11) is 0. The molecular weight excluding hydrogens is 328 g/mol. The monoisotopic (exact) mass is 333 g/mol. The minimum Gasteiger partial charge on any atom is -0.478 e. The summed E-state index contributed by atoms with van der Waals surface area (Å²) in [5.41, 5.74) is 0.422. The lowest BCUT2D eigenvalue weighted by Crippen LogP contribution is -2.03. The van der Waals surface area contributed by atoms with Crippen LogP contribution in [0.2, 0.25) is 15.1 Å². The van der Waals surface area contributed by atoms with Crippen LogP contribution < -0.4 is 5.32 Å². The van der Waals surface area contributed by atoms with E-state index in [0.717, 1.165) is 12.1 Å². The van der Waals surface area contributed by atoms with Crippen molar-refractivity contribution in [1.29, 1.82) is 0 Å². The molecular formula is C13H7Cl3FNO2. The van der Waals surface area contributed by atoms with Crippen molar-refractivity contribution in [2.75, 3.05) is 5.32 Å².